The summed E-state index contributed by atoms with van der Waals surface area (Å²) in [6.45, 7) is 2.78. The van der Waals surface area contributed by atoms with Gasteiger partial charge in [-0.3, -0.25) is 0 Å². The maximum absolute atomic E-state index is 5.68. The molecule has 0 saturated heterocycles. The van der Waals surface area contributed by atoms with Crippen molar-refractivity contribution in [2.24, 2.45) is 0 Å². The summed E-state index contributed by atoms with van der Waals surface area (Å²) in [6.07, 6.45) is 0. The van der Waals surface area contributed by atoms with E-state index in [2.05, 4.69) is 31.2 Å². The smallest absolute Gasteiger partial charge is 0.119 e. The molecule has 0 bridgehead atoms. The Hall–Kier alpha value is -1.61. The molecule has 19 heavy (non-hydrogen) atoms. The lowest BCUT2D eigenvalue weighted by Gasteiger charge is -2.06. The van der Waals surface area contributed by atoms with E-state index >= 15 is 0 Å². The van der Waals surface area contributed by atoms with Gasteiger partial charge in [0.25, 0.3) is 0 Å². The monoisotopic (exact) mass is 274 g/mol. The van der Waals surface area contributed by atoms with Crippen LogP contribution in [-0.2, 0) is 0 Å². The maximum atomic E-state index is 5.68. The number of benzene rings is 2. The van der Waals surface area contributed by atoms with Crippen LogP contribution < -0.4 is 9.47 Å². The molecule has 0 spiro atoms. The average molecular weight is 274 g/mol. The molecule has 2 rings (SSSR count). The summed E-state index contributed by atoms with van der Waals surface area (Å²) < 4.78 is 10.8. The fourth-order valence-electron chi connectivity index (χ4n) is 1.63. The number of aryl methyl sites for hydroxylation is 1. The van der Waals surface area contributed by atoms with Gasteiger partial charge in [-0.2, -0.15) is 0 Å². The van der Waals surface area contributed by atoms with Crippen molar-refractivity contribution in [2.45, 2.75) is 11.8 Å². The van der Waals surface area contributed by atoms with Crippen molar-refractivity contribution < 1.29 is 9.47 Å². The van der Waals surface area contributed by atoms with Crippen molar-refractivity contribution in [3.63, 3.8) is 0 Å². The van der Waals surface area contributed by atoms with Crippen LogP contribution >= 0.6 is 11.8 Å². The first-order chi connectivity index (χ1) is 9.28. The second-order valence-corrected chi connectivity index (χ2v) is 5.35. The lowest BCUT2D eigenvalue weighted by atomic mass is 10.2. The van der Waals surface area contributed by atoms with Crippen LogP contribution in [0.4, 0.5) is 0 Å². The molecule has 0 amide bonds. The molecule has 2 nitrogen and oxygen atoms in total. The summed E-state index contributed by atoms with van der Waals surface area (Å²) >= 11 is 1.78. The molecule has 0 fully saturated rings. The van der Waals surface area contributed by atoms with Crippen molar-refractivity contribution in [3.05, 3.63) is 54.1 Å². The van der Waals surface area contributed by atoms with E-state index in [4.69, 9.17) is 9.47 Å². The lowest BCUT2D eigenvalue weighted by Crippen LogP contribution is -1.99. The predicted octanol–water partition coefficient (Wildman–Crippen LogP) is 4.17. The minimum absolute atomic E-state index is 0.708. The van der Waals surface area contributed by atoms with Crippen molar-refractivity contribution in [2.75, 3.05) is 19.5 Å². The van der Waals surface area contributed by atoms with Crippen LogP contribution in [0.5, 0.6) is 11.5 Å². The zero-order chi connectivity index (χ0) is 13.5. The van der Waals surface area contributed by atoms with E-state index in [1.54, 1.807) is 18.9 Å². The molecule has 100 valence electrons. The van der Waals surface area contributed by atoms with Gasteiger partial charge in [0.2, 0.25) is 0 Å². The Kier molecular flexibility index (Phi) is 5.16. The molecule has 0 radical (unpaired) electrons. The van der Waals surface area contributed by atoms with Crippen molar-refractivity contribution in [1.29, 1.82) is 0 Å². The molecular weight excluding hydrogens is 256 g/mol. The number of hydrogen-bond donors (Lipinski definition) is 0. The highest BCUT2D eigenvalue weighted by atomic mass is 32.2. The minimum Gasteiger partial charge on any atom is -0.497 e. The van der Waals surface area contributed by atoms with Crippen molar-refractivity contribution in [1.82, 2.24) is 0 Å². The molecule has 0 aromatic heterocycles. The van der Waals surface area contributed by atoms with Gasteiger partial charge in [0.15, 0.2) is 0 Å². The molecule has 0 atom stereocenters. The standard InChI is InChI=1S/C16H18O2S/c1-13-3-5-15(6-4-13)18-11-12-19-16-9-7-14(17-2)8-10-16/h3-10H,11-12H2,1-2H3. The first-order valence-corrected chi connectivity index (χ1v) is 7.23. The summed E-state index contributed by atoms with van der Waals surface area (Å²) in [4.78, 5) is 1.23. The van der Waals surface area contributed by atoms with Crippen LogP contribution in [0.3, 0.4) is 0 Å². The summed E-state index contributed by atoms with van der Waals surface area (Å²) in [5.41, 5.74) is 1.25. The molecule has 0 heterocycles. The topological polar surface area (TPSA) is 18.5 Å². The maximum Gasteiger partial charge on any atom is 0.119 e. The largest absolute Gasteiger partial charge is 0.497 e. The lowest BCUT2D eigenvalue weighted by molar-refractivity contribution is 0.344. The number of ether oxygens (including phenoxy) is 2. The van der Waals surface area contributed by atoms with Crippen LogP contribution in [0, 0.1) is 6.92 Å². The third-order valence-electron chi connectivity index (χ3n) is 2.70. The zero-order valence-corrected chi connectivity index (χ0v) is 12.1. The molecule has 2 aromatic carbocycles. The van der Waals surface area contributed by atoms with E-state index in [9.17, 15) is 0 Å². The number of rotatable bonds is 6. The van der Waals surface area contributed by atoms with Crippen LogP contribution in [0.25, 0.3) is 0 Å². The van der Waals surface area contributed by atoms with Gasteiger partial charge in [-0.1, -0.05) is 17.7 Å². The van der Waals surface area contributed by atoms with E-state index in [-0.39, 0.29) is 0 Å². The zero-order valence-electron chi connectivity index (χ0n) is 11.3. The highest BCUT2D eigenvalue weighted by Crippen LogP contribution is 2.21. The van der Waals surface area contributed by atoms with Gasteiger partial charge >= 0.3 is 0 Å². The fraction of sp³-hybridized carbons (Fsp3) is 0.250. The minimum atomic E-state index is 0.708. The molecule has 0 aliphatic carbocycles. The second kappa shape index (κ2) is 7.10. The summed E-state index contributed by atoms with van der Waals surface area (Å²) in [5.74, 6) is 2.75. The van der Waals surface area contributed by atoms with E-state index in [0.717, 1.165) is 17.3 Å². The Morgan fingerprint density at radius 3 is 2.16 bits per heavy atom. The van der Waals surface area contributed by atoms with Crippen LogP contribution in [0.1, 0.15) is 5.56 Å². The van der Waals surface area contributed by atoms with Gasteiger partial charge < -0.3 is 9.47 Å². The molecule has 0 aliphatic heterocycles. The van der Waals surface area contributed by atoms with Crippen LogP contribution in [-0.4, -0.2) is 19.5 Å². The normalized spacial score (nSPS) is 10.2. The summed E-state index contributed by atoms with van der Waals surface area (Å²) in [7, 11) is 1.68. The van der Waals surface area contributed by atoms with Gasteiger partial charge in [0.1, 0.15) is 11.5 Å². The third kappa shape index (κ3) is 4.52. The van der Waals surface area contributed by atoms with Crippen molar-refractivity contribution in [3.8, 4) is 11.5 Å². The van der Waals surface area contributed by atoms with Gasteiger partial charge in [-0.15, -0.1) is 11.8 Å². The predicted molar refractivity (Wildman–Crippen MR) is 80.4 cm³/mol. The first kappa shape index (κ1) is 13.8. The van der Waals surface area contributed by atoms with Crippen molar-refractivity contribution >= 4 is 11.8 Å². The molecular formula is C16H18O2S. The second-order valence-electron chi connectivity index (χ2n) is 4.19. The Morgan fingerprint density at radius 2 is 1.53 bits per heavy atom. The highest BCUT2D eigenvalue weighted by molar-refractivity contribution is 7.99. The molecule has 0 saturated carbocycles. The Morgan fingerprint density at radius 1 is 0.895 bits per heavy atom. The quantitative estimate of drug-likeness (QED) is 0.581. The molecule has 0 N–H and O–H groups in total. The number of methoxy groups -OCH3 is 1. The van der Waals surface area contributed by atoms with E-state index < -0.39 is 0 Å². The fourth-order valence-corrected chi connectivity index (χ4v) is 2.36. The van der Waals surface area contributed by atoms with E-state index in [1.807, 2.05) is 24.3 Å². The van der Waals surface area contributed by atoms with E-state index in [1.165, 1.54) is 10.5 Å². The molecule has 3 heteroatoms. The molecule has 0 aliphatic rings. The molecule has 2 aromatic rings. The third-order valence-corrected chi connectivity index (χ3v) is 3.68. The van der Waals surface area contributed by atoms with Crippen LogP contribution in [0.2, 0.25) is 0 Å². The average Bonchev–Trinajstić information content (AvgIpc) is 2.46. The van der Waals surface area contributed by atoms with Gasteiger partial charge in [0, 0.05) is 10.6 Å². The Bertz CT molecular complexity index is 491. The van der Waals surface area contributed by atoms with Gasteiger partial charge in [0.05, 0.1) is 13.7 Å². The van der Waals surface area contributed by atoms with Gasteiger partial charge in [-0.25, -0.2) is 0 Å². The summed E-state index contributed by atoms with van der Waals surface area (Å²) in [5, 5.41) is 0. The van der Waals surface area contributed by atoms with Crippen LogP contribution in [0.15, 0.2) is 53.4 Å². The van der Waals surface area contributed by atoms with Gasteiger partial charge in [-0.05, 0) is 43.3 Å². The Balaban J connectivity index is 1.72. The van der Waals surface area contributed by atoms with E-state index in [0.29, 0.717) is 6.61 Å². The highest BCUT2D eigenvalue weighted by Gasteiger charge is 1.97. The Labute approximate surface area is 118 Å². The SMILES string of the molecule is COc1ccc(SCCOc2ccc(C)cc2)cc1. The number of thioether (sulfide) groups is 1. The summed E-state index contributed by atoms with van der Waals surface area (Å²) in [6, 6.07) is 16.2. The number of hydrogen-bond acceptors (Lipinski definition) is 3. The first-order valence-electron chi connectivity index (χ1n) is 6.24. The molecule has 0 unspecified atom stereocenters.